The number of nitrogens with two attached hydrogens (primary N) is 1. The monoisotopic (exact) mass is 196 g/mol. The molecule has 1 rings (SSSR count). The van der Waals surface area contributed by atoms with Gasteiger partial charge in [-0.05, 0) is 32.1 Å². The van der Waals surface area contributed by atoms with Crippen LogP contribution < -0.4 is 5.73 Å². The van der Waals surface area contributed by atoms with Gasteiger partial charge in [0.05, 0.1) is 0 Å². The zero-order chi connectivity index (χ0) is 10.4. The predicted octanol–water partition coefficient (Wildman–Crippen LogP) is 1.20. The summed E-state index contributed by atoms with van der Waals surface area (Å²) in [5.41, 5.74) is 5.52. The molecule has 0 radical (unpaired) electrons. The van der Waals surface area contributed by atoms with Gasteiger partial charge in [0.2, 0.25) is 0 Å². The number of nitrogen functional groups attached to an aromatic ring is 1. The smallest absolute Gasteiger partial charge is 0.145 e. The fourth-order valence-electron chi connectivity index (χ4n) is 1.50. The van der Waals surface area contributed by atoms with Crippen LogP contribution in [-0.4, -0.2) is 34.3 Å². The first-order valence-corrected chi connectivity index (χ1v) is 5.27. The molecular weight excluding hydrogens is 176 g/mol. The molecule has 4 nitrogen and oxygen atoms in total. The summed E-state index contributed by atoms with van der Waals surface area (Å²) in [7, 11) is 0. The van der Waals surface area contributed by atoms with E-state index in [-0.39, 0.29) is 0 Å². The zero-order valence-corrected chi connectivity index (χ0v) is 9.11. The molecule has 0 saturated carbocycles. The number of rotatable bonds is 6. The first-order chi connectivity index (χ1) is 6.76. The Bertz CT molecular complexity index is 252. The van der Waals surface area contributed by atoms with Gasteiger partial charge in [0.25, 0.3) is 0 Å². The van der Waals surface area contributed by atoms with Crippen LogP contribution in [0, 0.1) is 0 Å². The highest BCUT2D eigenvalue weighted by atomic mass is 15.3. The second kappa shape index (κ2) is 5.65. The number of hydrogen-bond donors (Lipinski definition) is 1. The van der Waals surface area contributed by atoms with Crippen LogP contribution in [0.25, 0.3) is 0 Å². The van der Waals surface area contributed by atoms with E-state index in [2.05, 4.69) is 23.8 Å². The third-order valence-corrected chi connectivity index (χ3v) is 2.42. The van der Waals surface area contributed by atoms with Crippen LogP contribution in [0.5, 0.6) is 0 Å². The maximum absolute atomic E-state index is 5.52. The van der Waals surface area contributed by atoms with Gasteiger partial charge in [0.1, 0.15) is 5.82 Å². The molecule has 14 heavy (non-hydrogen) atoms. The van der Waals surface area contributed by atoms with Gasteiger partial charge in [-0.2, -0.15) is 5.10 Å². The van der Waals surface area contributed by atoms with Crippen molar-refractivity contribution in [2.45, 2.75) is 26.8 Å². The molecule has 1 heterocycles. The molecule has 2 N–H and O–H groups in total. The second-order valence-electron chi connectivity index (χ2n) is 3.38. The largest absolute Gasteiger partial charge is 0.382 e. The Kier molecular flexibility index (Phi) is 4.46. The lowest BCUT2D eigenvalue weighted by Gasteiger charge is -2.17. The lowest BCUT2D eigenvalue weighted by atomic mass is 10.3. The average Bonchev–Trinajstić information content (AvgIpc) is 2.59. The van der Waals surface area contributed by atoms with Crippen LogP contribution in [0.3, 0.4) is 0 Å². The molecule has 80 valence electrons. The normalized spacial score (nSPS) is 11.1. The van der Waals surface area contributed by atoms with Gasteiger partial charge in [-0.1, -0.05) is 13.8 Å². The molecule has 0 aliphatic carbocycles. The van der Waals surface area contributed by atoms with Gasteiger partial charge in [-0.25, -0.2) is 0 Å². The van der Waals surface area contributed by atoms with Crippen LogP contribution >= 0.6 is 0 Å². The molecule has 0 spiro atoms. The number of aryl methyl sites for hydroxylation is 1. The number of nitrogens with zero attached hydrogens (tertiary/aromatic N) is 3. The Morgan fingerprint density at radius 3 is 2.64 bits per heavy atom. The van der Waals surface area contributed by atoms with Crippen molar-refractivity contribution in [1.82, 2.24) is 14.7 Å². The molecule has 0 atom stereocenters. The van der Waals surface area contributed by atoms with Gasteiger partial charge >= 0.3 is 0 Å². The average molecular weight is 196 g/mol. The molecular formula is C10H20N4. The maximum atomic E-state index is 5.52. The summed E-state index contributed by atoms with van der Waals surface area (Å²) in [6, 6.07) is 1.83. The summed E-state index contributed by atoms with van der Waals surface area (Å²) >= 11 is 0. The number of anilines is 1. The van der Waals surface area contributed by atoms with Crippen molar-refractivity contribution < 1.29 is 0 Å². The molecule has 0 amide bonds. The van der Waals surface area contributed by atoms with E-state index in [4.69, 9.17) is 5.73 Å². The van der Waals surface area contributed by atoms with E-state index in [0.29, 0.717) is 5.82 Å². The topological polar surface area (TPSA) is 47.1 Å². The van der Waals surface area contributed by atoms with E-state index in [1.165, 1.54) is 0 Å². The van der Waals surface area contributed by atoms with Crippen molar-refractivity contribution >= 4 is 5.82 Å². The number of hydrogen-bond acceptors (Lipinski definition) is 3. The Labute approximate surface area is 85.7 Å². The quantitative estimate of drug-likeness (QED) is 0.743. The van der Waals surface area contributed by atoms with Crippen LogP contribution in [0.2, 0.25) is 0 Å². The van der Waals surface area contributed by atoms with Gasteiger partial charge in [-0.15, -0.1) is 0 Å². The fourth-order valence-corrected chi connectivity index (χ4v) is 1.50. The minimum absolute atomic E-state index is 0.604. The molecule has 1 aromatic rings. The molecule has 4 heteroatoms. The summed E-state index contributed by atoms with van der Waals surface area (Å²) in [4.78, 5) is 2.41. The third kappa shape index (κ3) is 3.38. The summed E-state index contributed by atoms with van der Waals surface area (Å²) in [6.07, 6.45) is 3.06. The van der Waals surface area contributed by atoms with E-state index in [1.54, 1.807) is 0 Å². The van der Waals surface area contributed by atoms with Crippen molar-refractivity contribution in [3.63, 3.8) is 0 Å². The van der Waals surface area contributed by atoms with Gasteiger partial charge in [0, 0.05) is 12.7 Å². The highest BCUT2D eigenvalue weighted by Crippen LogP contribution is 1.98. The molecule has 0 saturated heterocycles. The molecule has 0 unspecified atom stereocenters. The first-order valence-electron chi connectivity index (χ1n) is 5.27. The SMILES string of the molecule is CCN(CC)CCCn1ccc(N)n1. The minimum Gasteiger partial charge on any atom is -0.382 e. The van der Waals surface area contributed by atoms with Gasteiger partial charge in [0.15, 0.2) is 0 Å². The predicted molar refractivity (Wildman–Crippen MR) is 59.0 cm³/mol. The Balaban J connectivity index is 2.21. The standard InChI is InChI=1S/C10H20N4/c1-3-13(4-2)7-5-8-14-9-6-10(11)12-14/h6,9H,3-5,7-8H2,1-2H3,(H2,11,12). The van der Waals surface area contributed by atoms with Crippen LogP contribution in [0.1, 0.15) is 20.3 Å². The van der Waals surface area contributed by atoms with Crippen molar-refractivity contribution in [2.24, 2.45) is 0 Å². The fraction of sp³-hybridized carbons (Fsp3) is 0.700. The summed E-state index contributed by atoms with van der Waals surface area (Å²) in [5, 5.41) is 4.14. The van der Waals surface area contributed by atoms with Crippen LogP contribution in [-0.2, 0) is 6.54 Å². The van der Waals surface area contributed by atoms with Crippen molar-refractivity contribution in [2.75, 3.05) is 25.4 Å². The van der Waals surface area contributed by atoms with Crippen molar-refractivity contribution in [3.05, 3.63) is 12.3 Å². The zero-order valence-electron chi connectivity index (χ0n) is 9.11. The Hall–Kier alpha value is -1.03. The van der Waals surface area contributed by atoms with Crippen LogP contribution in [0.4, 0.5) is 5.82 Å². The number of aromatic nitrogens is 2. The molecule has 0 fully saturated rings. The minimum atomic E-state index is 0.604. The lowest BCUT2D eigenvalue weighted by Crippen LogP contribution is -2.24. The first kappa shape index (κ1) is 11.0. The van der Waals surface area contributed by atoms with Gasteiger partial charge in [-0.3, -0.25) is 4.68 Å². The third-order valence-electron chi connectivity index (χ3n) is 2.42. The van der Waals surface area contributed by atoms with Crippen molar-refractivity contribution in [1.29, 1.82) is 0 Å². The summed E-state index contributed by atoms with van der Waals surface area (Å²) < 4.78 is 1.90. The van der Waals surface area contributed by atoms with E-state index in [0.717, 1.165) is 32.6 Å². The van der Waals surface area contributed by atoms with Gasteiger partial charge < -0.3 is 10.6 Å². The highest BCUT2D eigenvalue weighted by Gasteiger charge is 1.99. The van der Waals surface area contributed by atoms with E-state index >= 15 is 0 Å². The van der Waals surface area contributed by atoms with E-state index in [9.17, 15) is 0 Å². The highest BCUT2D eigenvalue weighted by molar-refractivity contribution is 5.23. The molecule has 0 aromatic carbocycles. The van der Waals surface area contributed by atoms with Crippen LogP contribution in [0.15, 0.2) is 12.3 Å². The second-order valence-corrected chi connectivity index (χ2v) is 3.38. The Morgan fingerprint density at radius 2 is 2.14 bits per heavy atom. The maximum Gasteiger partial charge on any atom is 0.145 e. The summed E-state index contributed by atoms with van der Waals surface area (Å²) in [6.45, 7) is 8.71. The molecule has 1 aromatic heterocycles. The molecule has 0 aliphatic rings. The summed E-state index contributed by atoms with van der Waals surface area (Å²) in [5.74, 6) is 0.604. The van der Waals surface area contributed by atoms with E-state index < -0.39 is 0 Å². The molecule has 0 aliphatic heterocycles. The van der Waals surface area contributed by atoms with Crippen molar-refractivity contribution in [3.8, 4) is 0 Å². The Morgan fingerprint density at radius 1 is 1.43 bits per heavy atom. The lowest BCUT2D eigenvalue weighted by molar-refractivity contribution is 0.291. The molecule has 0 bridgehead atoms. The van der Waals surface area contributed by atoms with E-state index in [1.807, 2.05) is 16.9 Å².